The van der Waals surface area contributed by atoms with E-state index >= 15 is 0 Å². The van der Waals surface area contributed by atoms with Crippen molar-refractivity contribution in [3.05, 3.63) is 53.6 Å². The van der Waals surface area contributed by atoms with Crippen molar-refractivity contribution in [2.45, 2.75) is 31.7 Å². The molecule has 3 rings (SSSR count). The Bertz CT molecular complexity index is 1200. The third kappa shape index (κ3) is 5.91. The summed E-state index contributed by atoms with van der Waals surface area (Å²) in [6.45, 7) is 6.50. The van der Waals surface area contributed by atoms with Crippen LogP contribution in [0.2, 0.25) is 0 Å². The number of anilines is 2. The highest BCUT2D eigenvalue weighted by atomic mass is 32.2. The van der Waals surface area contributed by atoms with Crippen LogP contribution in [0.3, 0.4) is 0 Å². The fourth-order valence-electron chi connectivity index (χ4n) is 3.78. The van der Waals surface area contributed by atoms with E-state index in [0.29, 0.717) is 24.6 Å². The monoisotopic (exact) mass is 495 g/mol. The van der Waals surface area contributed by atoms with Gasteiger partial charge in [0.25, 0.3) is 0 Å². The number of carbonyl (C=O) groups excluding carboxylic acids is 1. The number of nitrogens with one attached hydrogen (secondary N) is 1. The first kappa shape index (κ1) is 25.2. The molecule has 33 heavy (non-hydrogen) atoms. The summed E-state index contributed by atoms with van der Waals surface area (Å²) in [7, 11) is -7.40. The van der Waals surface area contributed by atoms with E-state index in [9.17, 15) is 21.6 Å². The van der Waals surface area contributed by atoms with E-state index in [1.165, 1.54) is 35.5 Å². The number of benzene rings is 2. The molecule has 180 valence electrons. The quantitative estimate of drug-likeness (QED) is 0.630. The minimum Gasteiger partial charge on any atom is -0.379 e. The first-order valence-corrected chi connectivity index (χ1v) is 13.7. The zero-order chi connectivity index (χ0) is 24.4. The van der Waals surface area contributed by atoms with E-state index in [0.717, 1.165) is 21.7 Å². The Labute approximate surface area is 195 Å². The van der Waals surface area contributed by atoms with Gasteiger partial charge in [-0.1, -0.05) is 6.07 Å². The first-order valence-electron chi connectivity index (χ1n) is 10.5. The molecule has 1 saturated heterocycles. The third-order valence-corrected chi connectivity index (χ3v) is 8.43. The average Bonchev–Trinajstić information content (AvgIpc) is 2.73. The number of rotatable bonds is 7. The number of morpholine rings is 1. The molecule has 1 heterocycles. The van der Waals surface area contributed by atoms with Crippen LogP contribution < -0.4 is 9.62 Å². The van der Waals surface area contributed by atoms with E-state index in [-0.39, 0.29) is 18.0 Å². The zero-order valence-electron chi connectivity index (χ0n) is 19.1. The molecule has 0 unspecified atom stereocenters. The lowest BCUT2D eigenvalue weighted by Gasteiger charge is -2.29. The van der Waals surface area contributed by atoms with Gasteiger partial charge in [0, 0.05) is 18.8 Å². The molecule has 1 N–H and O–H groups in total. The van der Waals surface area contributed by atoms with Gasteiger partial charge in [0.2, 0.25) is 26.0 Å². The molecule has 2 aromatic rings. The van der Waals surface area contributed by atoms with Gasteiger partial charge in [0.15, 0.2) is 0 Å². The molecule has 1 amide bonds. The van der Waals surface area contributed by atoms with Crippen LogP contribution in [0.25, 0.3) is 0 Å². The zero-order valence-corrected chi connectivity index (χ0v) is 20.7. The maximum atomic E-state index is 12.9. The Kier molecular flexibility index (Phi) is 7.47. The highest BCUT2D eigenvalue weighted by Gasteiger charge is 2.30. The van der Waals surface area contributed by atoms with Gasteiger partial charge in [0.1, 0.15) is 6.04 Å². The van der Waals surface area contributed by atoms with E-state index in [4.69, 9.17) is 4.74 Å². The Morgan fingerprint density at radius 3 is 2.06 bits per heavy atom. The number of hydrogen-bond acceptors (Lipinski definition) is 6. The topological polar surface area (TPSA) is 113 Å². The fourth-order valence-corrected chi connectivity index (χ4v) is 6.35. The highest BCUT2D eigenvalue weighted by molar-refractivity contribution is 7.92. The molecule has 0 spiro atoms. The van der Waals surface area contributed by atoms with Gasteiger partial charge in [-0.2, -0.15) is 4.31 Å². The maximum Gasteiger partial charge on any atom is 0.247 e. The Balaban J connectivity index is 1.79. The summed E-state index contributed by atoms with van der Waals surface area (Å²) in [5, 5.41) is 2.68. The van der Waals surface area contributed by atoms with Gasteiger partial charge in [-0.05, 0) is 68.3 Å². The van der Waals surface area contributed by atoms with Gasteiger partial charge >= 0.3 is 0 Å². The molecule has 0 radical (unpaired) electrons. The predicted molar refractivity (Wildman–Crippen MR) is 127 cm³/mol. The molecule has 1 fully saturated rings. The van der Waals surface area contributed by atoms with Crippen molar-refractivity contribution in [3.8, 4) is 0 Å². The SMILES string of the molecule is Cc1cc(C)cc(N([C@@H](C)C(=O)Nc2ccc(S(=O)(=O)N3CCOCC3)cc2)S(C)(=O)=O)c1. The van der Waals surface area contributed by atoms with Gasteiger partial charge in [-0.15, -0.1) is 0 Å². The molecule has 9 nitrogen and oxygen atoms in total. The summed E-state index contributed by atoms with van der Waals surface area (Å²) in [5.41, 5.74) is 2.53. The number of amides is 1. The number of aryl methyl sites for hydroxylation is 2. The van der Waals surface area contributed by atoms with E-state index in [1.807, 2.05) is 19.9 Å². The van der Waals surface area contributed by atoms with Crippen molar-refractivity contribution < 1.29 is 26.4 Å². The predicted octanol–water partition coefficient (Wildman–Crippen LogP) is 2.12. The van der Waals surface area contributed by atoms with Gasteiger partial charge in [-0.3, -0.25) is 9.10 Å². The van der Waals surface area contributed by atoms with Crippen molar-refractivity contribution in [2.24, 2.45) is 0 Å². The number of ether oxygens (including phenoxy) is 1. The van der Waals surface area contributed by atoms with Crippen LogP contribution in [0.15, 0.2) is 47.4 Å². The van der Waals surface area contributed by atoms with Crippen molar-refractivity contribution >= 4 is 37.3 Å². The summed E-state index contributed by atoms with van der Waals surface area (Å²) in [6.07, 6.45) is 1.06. The van der Waals surface area contributed by atoms with Crippen LogP contribution in [-0.4, -0.2) is 65.6 Å². The van der Waals surface area contributed by atoms with Crippen LogP contribution in [0.4, 0.5) is 11.4 Å². The minimum absolute atomic E-state index is 0.114. The van der Waals surface area contributed by atoms with Crippen molar-refractivity contribution in [3.63, 3.8) is 0 Å². The summed E-state index contributed by atoms with van der Waals surface area (Å²) in [4.78, 5) is 13.0. The van der Waals surface area contributed by atoms with Crippen LogP contribution in [0.1, 0.15) is 18.1 Å². The molecule has 1 aliphatic rings. The van der Waals surface area contributed by atoms with Crippen molar-refractivity contribution in [1.82, 2.24) is 4.31 Å². The third-order valence-electron chi connectivity index (χ3n) is 5.28. The average molecular weight is 496 g/mol. The van der Waals surface area contributed by atoms with Gasteiger partial charge in [-0.25, -0.2) is 16.8 Å². The molecule has 11 heteroatoms. The first-order chi connectivity index (χ1) is 15.4. The number of nitrogens with zero attached hydrogens (tertiary/aromatic N) is 2. The summed E-state index contributed by atoms with van der Waals surface area (Å²) < 4.78 is 58.2. The molecule has 0 bridgehead atoms. The Morgan fingerprint density at radius 2 is 1.55 bits per heavy atom. The van der Waals surface area contributed by atoms with Gasteiger partial charge in [0.05, 0.1) is 30.1 Å². The maximum absolute atomic E-state index is 12.9. The normalized spacial score (nSPS) is 16.2. The Morgan fingerprint density at radius 1 is 1.00 bits per heavy atom. The molecule has 1 atom stereocenters. The summed E-state index contributed by atoms with van der Waals surface area (Å²) >= 11 is 0. The minimum atomic E-state index is -3.75. The van der Waals surface area contributed by atoms with Crippen LogP contribution in [0, 0.1) is 13.8 Å². The van der Waals surface area contributed by atoms with Crippen LogP contribution in [-0.2, 0) is 29.6 Å². The highest BCUT2D eigenvalue weighted by Crippen LogP contribution is 2.25. The lowest BCUT2D eigenvalue weighted by atomic mass is 10.1. The lowest BCUT2D eigenvalue weighted by molar-refractivity contribution is -0.116. The molecule has 0 saturated carbocycles. The van der Waals surface area contributed by atoms with E-state index < -0.39 is 32.0 Å². The summed E-state index contributed by atoms with van der Waals surface area (Å²) in [5.74, 6) is -0.539. The van der Waals surface area contributed by atoms with Crippen LogP contribution >= 0.6 is 0 Å². The molecule has 0 aliphatic carbocycles. The second-order valence-corrected chi connectivity index (χ2v) is 11.9. The lowest BCUT2D eigenvalue weighted by Crippen LogP contribution is -2.45. The largest absolute Gasteiger partial charge is 0.379 e. The van der Waals surface area contributed by atoms with E-state index in [1.54, 1.807) is 12.1 Å². The van der Waals surface area contributed by atoms with E-state index in [2.05, 4.69) is 5.32 Å². The molecule has 1 aliphatic heterocycles. The van der Waals surface area contributed by atoms with Crippen LogP contribution in [0.5, 0.6) is 0 Å². The number of carbonyl (C=O) groups is 1. The van der Waals surface area contributed by atoms with Crippen molar-refractivity contribution in [2.75, 3.05) is 42.2 Å². The molecule has 2 aromatic carbocycles. The van der Waals surface area contributed by atoms with Gasteiger partial charge < -0.3 is 10.1 Å². The molecular weight excluding hydrogens is 466 g/mol. The Hall–Kier alpha value is -2.47. The standard InChI is InChI=1S/C22H29N3O6S2/c1-16-13-17(2)15-20(14-16)25(32(4,27)28)18(3)22(26)23-19-5-7-21(8-6-19)33(29,30)24-9-11-31-12-10-24/h5-8,13-15,18H,9-12H2,1-4H3,(H,23,26)/t18-/m0/s1. The number of hydrogen-bond donors (Lipinski definition) is 1. The van der Waals surface area contributed by atoms with Crippen molar-refractivity contribution in [1.29, 1.82) is 0 Å². The fraction of sp³-hybridized carbons (Fsp3) is 0.409. The summed E-state index contributed by atoms with van der Waals surface area (Å²) in [6, 6.07) is 10.1. The number of sulfonamides is 2. The molecular formula is C22H29N3O6S2. The molecule has 0 aromatic heterocycles. The second kappa shape index (κ2) is 9.80. The smallest absolute Gasteiger partial charge is 0.247 e. The second-order valence-electron chi connectivity index (χ2n) is 8.11.